The molecule has 2 aromatic rings. The molecule has 1 heterocycles. The van der Waals surface area contributed by atoms with Crippen molar-refractivity contribution >= 4 is 16.1 Å². The molecule has 1 aliphatic rings. The molecule has 0 radical (unpaired) electrons. The van der Waals surface area contributed by atoms with E-state index >= 15 is 0 Å². The van der Waals surface area contributed by atoms with Gasteiger partial charge in [0.05, 0.1) is 22.9 Å². The van der Waals surface area contributed by atoms with Crippen LogP contribution < -0.4 is 10.0 Å². The molecular formula is C20H21N3O4S. The minimum absolute atomic E-state index is 0.146. The van der Waals surface area contributed by atoms with E-state index in [2.05, 4.69) is 16.1 Å². The van der Waals surface area contributed by atoms with E-state index in [0.29, 0.717) is 11.1 Å². The van der Waals surface area contributed by atoms with Gasteiger partial charge in [-0.05, 0) is 42.7 Å². The van der Waals surface area contributed by atoms with Crippen LogP contribution >= 0.6 is 0 Å². The van der Waals surface area contributed by atoms with Gasteiger partial charge in [-0.25, -0.2) is 17.9 Å². The van der Waals surface area contributed by atoms with Crippen molar-refractivity contribution in [1.29, 1.82) is 5.26 Å². The minimum atomic E-state index is -3.52. The Morgan fingerprint density at radius 2 is 1.68 bits per heavy atom. The highest BCUT2D eigenvalue weighted by Crippen LogP contribution is 2.28. The Balaban J connectivity index is 1.84. The molecule has 3 rings (SSSR count). The van der Waals surface area contributed by atoms with Crippen molar-refractivity contribution in [2.24, 2.45) is 0 Å². The van der Waals surface area contributed by atoms with Crippen molar-refractivity contribution in [3.8, 4) is 17.2 Å². The fourth-order valence-electron chi connectivity index (χ4n) is 2.89. The monoisotopic (exact) mass is 399 g/mol. The Morgan fingerprint density at radius 1 is 1.11 bits per heavy atom. The number of nitrogens with one attached hydrogen (secondary N) is 2. The Morgan fingerprint density at radius 3 is 2.21 bits per heavy atom. The summed E-state index contributed by atoms with van der Waals surface area (Å²) in [5.74, 6) is 0. The second-order valence-corrected chi connectivity index (χ2v) is 9.10. The number of sulfonamides is 1. The Bertz CT molecular complexity index is 993. The summed E-state index contributed by atoms with van der Waals surface area (Å²) in [7, 11) is -3.52. The van der Waals surface area contributed by atoms with E-state index in [9.17, 15) is 13.2 Å². The molecule has 1 saturated heterocycles. The number of benzene rings is 2. The summed E-state index contributed by atoms with van der Waals surface area (Å²) in [6.45, 7) is 3.32. The first-order valence-electron chi connectivity index (χ1n) is 8.86. The number of rotatable bonds is 5. The number of ether oxygens (including phenoxy) is 1. The molecule has 8 heteroatoms. The third-order valence-corrected chi connectivity index (χ3v) is 6.46. The van der Waals surface area contributed by atoms with Crippen LogP contribution in [0.2, 0.25) is 0 Å². The van der Waals surface area contributed by atoms with E-state index in [1.165, 1.54) is 0 Å². The second-order valence-electron chi connectivity index (χ2n) is 6.84. The highest BCUT2D eigenvalue weighted by molar-refractivity contribution is 7.90. The molecule has 28 heavy (non-hydrogen) atoms. The van der Waals surface area contributed by atoms with E-state index < -0.39 is 33.5 Å². The van der Waals surface area contributed by atoms with E-state index in [-0.39, 0.29) is 6.54 Å². The Labute approximate surface area is 164 Å². The summed E-state index contributed by atoms with van der Waals surface area (Å²) in [6.07, 6.45) is -1.31. The topological polar surface area (TPSA) is 108 Å². The first-order chi connectivity index (χ1) is 13.3. The van der Waals surface area contributed by atoms with Crippen LogP contribution in [0.25, 0.3) is 11.1 Å². The summed E-state index contributed by atoms with van der Waals surface area (Å²) < 4.78 is 32.5. The lowest BCUT2D eigenvalue weighted by molar-refractivity contribution is 0.0567. The van der Waals surface area contributed by atoms with Crippen LogP contribution in [0.5, 0.6) is 0 Å². The number of carbonyl (C=O) groups is 1. The predicted octanol–water partition coefficient (Wildman–Crippen LogP) is 2.70. The smallest absolute Gasteiger partial charge is 0.407 e. The zero-order chi connectivity index (χ0) is 20.3. The zero-order valence-electron chi connectivity index (χ0n) is 15.5. The predicted molar refractivity (Wildman–Crippen MR) is 105 cm³/mol. The van der Waals surface area contributed by atoms with Crippen molar-refractivity contribution in [1.82, 2.24) is 10.0 Å². The molecule has 0 aliphatic carbocycles. The molecule has 0 bridgehead atoms. The van der Waals surface area contributed by atoms with Gasteiger partial charge in [0.25, 0.3) is 0 Å². The molecule has 0 aromatic heterocycles. The van der Waals surface area contributed by atoms with Gasteiger partial charge < -0.3 is 10.1 Å². The van der Waals surface area contributed by atoms with Gasteiger partial charge in [-0.15, -0.1) is 0 Å². The van der Waals surface area contributed by atoms with E-state index in [1.807, 2.05) is 36.4 Å². The van der Waals surface area contributed by atoms with Crippen LogP contribution in [0.1, 0.15) is 31.1 Å². The molecular weight excluding hydrogens is 378 g/mol. The van der Waals surface area contributed by atoms with Gasteiger partial charge in [0.2, 0.25) is 10.0 Å². The lowest BCUT2D eigenvalue weighted by atomic mass is 9.97. The van der Waals surface area contributed by atoms with Gasteiger partial charge in [-0.3, -0.25) is 0 Å². The average Bonchev–Trinajstić information content (AvgIpc) is 2.69. The van der Waals surface area contributed by atoms with Crippen LogP contribution in [0.3, 0.4) is 0 Å². The van der Waals surface area contributed by atoms with Crippen molar-refractivity contribution in [2.45, 2.75) is 31.2 Å². The third kappa shape index (κ3) is 4.32. The zero-order valence-corrected chi connectivity index (χ0v) is 16.4. The van der Waals surface area contributed by atoms with E-state index in [0.717, 1.165) is 11.1 Å². The molecule has 2 aromatic carbocycles. The van der Waals surface area contributed by atoms with Gasteiger partial charge in [-0.1, -0.05) is 36.4 Å². The maximum Gasteiger partial charge on any atom is 0.407 e. The Kier molecular flexibility index (Phi) is 5.68. The summed E-state index contributed by atoms with van der Waals surface area (Å²) in [4.78, 5) is 11.7. The molecule has 2 N–H and O–H groups in total. The van der Waals surface area contributed by atoms with Gasteiger partial charge in [0.15, 0.2) is 0 Å². The van der Waals surface area contributed by atoms with E-state index in [1.54, 1.807) is 26.0 Å². The average molecular weight is 399 g/mol. The van der Waals surface area contributed by atoms with Crippen LogP contribution in [-0.4, -0.2) is 32.3 Å². The summed E-state index contributed by atoms with van der Waals surface area (Å²) >= 11 is 0. The first kappa shape index (κ1) is 19.9. The SMILES string of the molecule is CC(C)S(=O)(=O)NC1CNC(=O)OC1c1ccc(-c2ccc(C#N)cc2)cc1. The van der Waals surface area contributed by atoms with Crippen LogP contribution in [0.15, 0.2) is 48.5 Å². The number of nitrogens with zero attached hydrogens (tertiary/aromatic N) is 1. The number of hydrogen-bond acceptors (Lipinski definition) is 5. The third-order valence-electron chi connectivity index (χ3n) is 4.59. The van der Waals surface area contributed by atoms with Gasteiger partial charge in [0.1, 0.15) is 6.10 Å². The maximum absolute atomic E-state index is 12.2. The van der Waals surface area contributed by atoms with Crippen molar-refractivity contribution in [3.05, 3.63) is 59.7 Å². The van der Waals surface area contributed by atoms with Crippen molar-refractivity contribution in [3.63, 3.8) is 0 Å². The van der Waals surface area contributed by atoms with Crippen LogP contribution in [-0.2, 0) is 14.8 Å². The summed E-state index contributed by atoms with van der Waals surface area (Å²) in [5, 5.41) is 10.8. The Hall–Kier alpha value is -2.89. The lowest BCUT2D eigenvalue weighted by Crippen LogP contribution is -2.53. The lowest BCUT2D eigenvalue weighted by Gasteiger charge is -2.32. The number of nitriles is 1. The molecule has 146 valence electrons. The van der Waals surface area contributed by atoms with E-state index in [4.69, 9.17) is 10.00 Å². The van der Waals surface area contributed by atoms with Crippen LogP contribution in [0, 0.1) is 11.3 Å². The number of hydrogen-bond donors (Lipinski definition) is 2. The van der Waals surface area contributed by atoms with Gasteiger partial charge >= 0.3 is 6.09 Å². The molecule has 0 spiro atoms. The number of carbonyl (C=O) groups excluding carboxylic acids is 1. The molecule has 1 aliphatic heterocycles. The molecule has 7 nitrogen and oxygen atoms in total. The maximum atomic E-state index is 12.2. The van der Waals surface area contributed by atoms with Gasteiger partial charge in [-0.2, -0.15) is 5.26 Å². The fourth-order valence-corrected chi connectivity index (χ4v) is 3.79. The molecule has 1 fully saturated rings. The fraction of sp³-hybridized carbons (Fsp3) is 0.300. The minimum Gasteiger partial charge on any atom is -0.440 e. The second kappa shape index (κ2) is 8.00. The normalized spacial score (nSPS) is 19.6. The molecule has 1 amide bonds. The molecule has 2 atom stereocenters. The number of alkyl carbamates (subject to hydrolysis) is 1. The van der Waals surface area contributed by atoms with Crippen molar-refractivity contribution < 1.29 is 17.9 Å². The largest absolute Gasteiger partial charge is 0.440 e. The van der Waals surface area contributed by atoms with Gasteiger partial charge in [0, 0.05) is 6.54 Å². The van der Waals surface area contributed by atoms with Crippen molar-refractivity contribution in [2.75, 3.05) is 6.54 Å². The summed E-state index contributed by atoms with van der Waals surface area (Å²) in [5.41, 5.74) is 3.17. The molecule has 2 unspecified atom stereocenters. The van der Waals surface area contributed by atoms with Crippen LogP contribution in [0.4, 0.5) is 4.79 Å². The highest BCUT2D eigenvalue weighted by atomic mass is 32.2. The number of amides is 1. The summed E-state index contributed by atoms with van der Waals surface area (Å²) in [6, 6.07) is 16.1. The highest BCUT2D eigenvalue weighted by Gasteiger charge is 2.35. The standard InChI is InChI=1S/C20H21N3O4S/c1-13(2)28(25,26)23-18-12-22-20(24)27-19(18)17-9-7-16(8-10-17)15-5-3-14(11-21)4-6-15/h3-10,13,18-19,23H,12H2,1-2H3,(H,22,24). The quantitative estimate of drug-likeness (QED) is 0.804. The molecule has 0 saturated carbocycles. The first-order valence-corrected chi connectivity index (χ1v) is 10.4. The number of cyclic esters (lactones) is 1.